The molecule has 6 nitrogen and oxygen atoms in total. The van der Waals surface area contributed by atoms with Crippen molar-refractivity contribution in [3.8, 4) is 11.5 Å². The molecule has 8 heteroatoms. The topological polar surface area (TPSA) is 73.9 Å². The first kappa shape index (κ1) is 20.5. The molecule has 0 saturated heterocycles. The molecule has 0 aliphatic carbocycles. The molecule has 144 valence electrons. The Morgan fingerprint density at radius 2 is 1.89 bits per heavy atom. The van der Waals surface area contributed by atoms with Crippen LogP contribution in [0.2, 0.25) is 5.02 Å². The molecule has 1 N–H and O–H groups in total. The van der Waals surface area contributed by atoms with Gasteiger partial charge in [-0.1, -0.05) is 23.7 Å². The second-order valence-corrected chi connectivity index (χ2v) is 5.82. The zero-order valence-electron chi connectivity index (χ0n) is 14.8. The summed E-state index contributed by atoms with van der Waals surface area (Å²) in [7, 11) is 0. The van der Waals surface area contributed by atoms with E-state index in [-0.39, 0.29) is 10.8 Å². The van der Waals surface area contributed by atoms with Crippen LogP contribution >= 0.6 is 11.6 Å². The van der Waals surface area contributed by atoms with Gasteiger partial charge in [0.2, 0.25) is 0 Å². The van der Waals surface area contributed by atoms with Crippen molar-refractivity contribution in [1.82, 2.24) is 0 Å². The van der Waals surface area contributed by atoms with E-state index in [1.807, 2.05) is 6.92 Å². The summed E-state index contributed by atoms with van der Waals surface area (Å²) in [5.41, 5.74) is 0.474. The van der Waals surface area contributed by atoms with Crippen LogP contribution in [0.15, 0.2) is 42.5 Å². The van der Waals surface area contributed by atoms with E-state index in [1.165, 1.54) is 13.0 Å². The summed E-state index contributed by atoms with van der Waals surface area (Å²) in [5, 5.41) is 2.67. The van der Waals surface area contributed by atoms with E-state index in [2.05, 4.69) is 5.32 Å². The number of nitrogens with one attached hydrogen (secondary N) is 1. The molecule has 0 saturated carbocycles. The van der Waals surface area contributed by atoms with Gasteiger partial charge in [0.05, 0.1) is 17.3 Å². The zero-order chi connectivity index (χ0) is 19.8. The molecule has 27 heavy (non-hydrogen) atoms. The minimum atomic E-state index is -1.06. The Labute approximate surface area is 161 Å². The molecule has 0 unspecified atom stereocenters. The van der Waals surface area contributed by atoms with E-state index in [0.29, 0.717) is 18.0 Å². The van der Waals surface area contributed by atoms with Gasteiger partial charge in [0.25, 0.3) is 5.91 Å². The lowest BCUT2D eigenvalue weighted by Gasteiger charge is -2.16. The van der Waals surface area contributed by atoms with Crippen LogP contribution in [0.5, 0.6) is 11.5 Å². The van der Waals surface area contributed by atoms with Crippen LogP contribution in [-0.4, -0.2) is 31.2 Å². The quantitative estimate of drug-likeness (QED) is 0.688. The summed E-state index contributed by atoms with van der Waals surface area (Å²) in [4.78, 5) is 24.1. The number of hydrogen-bond acceptors (Lipinski definition) is 5. The summed E-state index contributed by atoms with van der Waals surface area (Å²) in [5.74, 6) is -1.15. The Morgan fingerprint density at radius 1 is 1.15 bits per heavy atom. The minimum Gasteiger partial charge on any atom is -0.492 e. The van der Waals surface area contributed by atoms with E-state index < -0.39 is 30.4 Å². The van der Waals surface area contributed by atoms with Crippen molar-refractivity contribution in [3.63, 3.8) is 0 Å². The molecule has 2 aromatic rings. The first-order valence-electron chi connectivity index (χ1n) is 8.20. The van der Waals surface area contributed by atoms with E-state index in [4.69, 9.17) is 25.8 Å². The van der Waals surface area contributed by atoms with Gasteiger partial charge in [-0.25, -0.2) is 9.18 Å². The van der Waals surface area contributed by atoms with E-state index in [9.17, 15) is 14.0 Å². The fourth-order valence-corrected chi connectivity index (χ4v) is 2.32. The summed E-state index contributed by atoms with van der Waals surface area (Å²) in [6.45, 7) is 3.23. The van der Waals surface area contributed by atoms with E-state index >= 15 is 0 Å². The van der Waals surface area contributed by atoms with Crippen LogP contribution < -0.4 is 14.8 Å². The van der Waals surface area contributed by atoms with Crippen LogP contribution in [0.1, 0.15) is 13.8 Å². The van der Waals surface area contributed by atoms with Crippen LogP contribution in [-0.2, 0) is 14.3 Å². The molecule has 2 rings (SSSR count). The van der Waals surface area contributed by atoms with Crippen LogP contribution in [0.25, 0.3) is 0 Å². The predicted molar refractivity (Wildman–Crippen MR) is 98.7 cm³/mol. The molecule has 2 aromatic carbocycles. The lowest BCUT2D eigenvalue weighted by molar-refractivity contribution is -0.155. The average molecular weight is 396 g/mol. The zero-order valence-corrected chi connectivity index (χ0v) is 15.6. The number of amides is 1. The third kappa shape index (κ3) is 6.14. The Morgan fingerprint density at radius 3 is 2.59 bits per heavy atom. The highest BCUT2D eigenvalue weighted by molar-refractivity contribution is 6.32. The van der Waals surface area contributed by atoms with Gasteiger partial charge in [0.15, 0.2) is 12.7 Å². The molecule has 1 atom stereocenters. The normalized spacial score (nSPS) is 11.4. The summed E-state index contributed by atoms with van der Waals surface area (Å²) >= 11 is 5.81. The van der Waals surface area contributed by atoms with E-state index in [0.717, 1.165) is 12.1 Å². The molecular formula is C19H19ClFNO5. The minimum absolute atomic E-state index is 0.0288. The Balaban J connectivity index is 1.87. The van der Waals surface area contributed by atoms with Crippen molar-refractivity contribution in [1.29, 1.82) is 0 Å². The molecule has 1 amide bonds. The summed E-state index contributed by atoms with van der Waals surface area (Å²) in [6, 6.07) is 10.4. The van der Waals surface area contributed by atoms with Crippen LogP contribution in [0.4, 0.5) is 10.1 Å². The van der Waals surface area contributed by atoms with Gasteiger partial charge < -0.3 is 19.5 Å². The van der Waals surface area contributed by atoms with Gasteiger partial charge in [-0.15, -0.1) is 0 Å². The smallest absolute Gasteiger partial charge is 0.344 e. The highest BCUT2D eigenvalue weighted by Gasteiger charge is 2.20. The molecule has 0 aliphatic heterocycles. The fraction of sp³-hybridized carbons (Fsp3) is 0.263. The lowest BCUT2D eigenvalue weighted by Crippen LogP contribution is -2.31. The van der Waals surface area contributed by atoms with Gasteiger partial charge in [-0.3, -0.25) is 4.79 Å². The first-order valence-corrected chi connectivity index (χ1v) is 8.58. The number of benzene rings is 2. The average Bonchev–Trinajstić information content (AvgIpc) is 2.62. The molecule has 0 heterocycles. The third-order valence-electron chi connectivity index (χ3n) is 3.36. The van der Waals surface area contributed by atoms with Gasteiger partial charge in [-0.05, 0) is 44.2 Å². The molecule has 0 aliphatic rings. The second-order valence-electron chi connectivity index (χ2n) is 5.41. The number of rotatable bonds is 8. The monoisotopic (exact) mass is 395 g/mol. The maximum Gasteiger partial charge on any atom is 0.344 e. The maximum atomic E-state index is 13.0. The molecule has 0 spiro atoms. The highest BCUT2D eigenvalue weighted by Crippen LogP contribution is 2.25. The van der Waals surface area contributed by atoms with Crippen molar-refractivity contribution in [2.45, 2.75) is 20.0 Å². The number of halogens is 2. The summed E-state index contributed by atoms with van der Waals surface area (Å²) < 4.78 is 28.6. The van der Waals surface area contributed by atoms with Crippen molar-refractivity contribution in [2.24, 2.45) is 0 Å². The van der Waals surface area contributed by atoms with E-state index in [1.54, 1.807) is 24.3 Å². The largest absolute Gasteiger partial charge is 0.492 e. The van der Waals surface area contributed by atoms with Crippen LogP contribution in [0, 0.1) is 5.82 Å². The molecule has 0 bridgehead atoms. The first-order chi connectivity index (χ1) is 12.9. The predicted octanol–water partition coefficient (Wildman–Crippen LogP) is 3.83. The van der Waals surface area contributed by atoms with Crippen molar-refractivity contribution < 1.29 is 28.2 Å². The van der Waals surface area contributed by atoms with Gasteiger partial charge >= 0.3 is 5.97 Å². The maximum absolute atomic E-state index is 13.0. The van der Waals surface area contributed by atoms with Gasteiger partial charge in [0, 0.05) is 0 Å². The third-order valence-corrected chi connectivity index (χ3v) is 3.66. The number of hydrogen-bond donors (Lipinski definition) is 1. The fourth-order valence-electron chi connectivity index (χ4n) is 2.10. The van der Waals surface area contributed by atoms with Crippen molar-refractivity contribution >= 4 is 29.2 Å². The number of carbonyl (C=O) groups excluding carboxylic acids is 2. The van der Waals surface area contributed by atoms with Gasteiger partial charge in [-0.2, -0.15) is 0 Å². The highest BCUT2D eigenvalue weighted by atomic mass is 35.5. The Kier molecular flexibility index (Phi) is 7.43. The lowest BCUT2D eigenvalue weighted by atomic mass is 10.2. The summed E-state index contributed by atoms with van der Waals surface area (Å²) in [6.07, 6.45) is -1.06. The van der Waals surface area contributed by atoms with Crippen molar-refractivity contribution in [2.75, 3.05) is 18.5 Å². The number of anilines is 1. The standard InChI is InChI=1S/C19H19ClFNO5/c1-3-25-17-7-5-4-6-15(17)22-19(24)12(2)27-18(23)11-26-16-9-8-13(21)10-14(16)20/h4-10,12H,3,11H2,1-2H3,(H,22,24)/t12-/m0/s1. The molecule has 0 aromatic heterocycles. The van der Waals surface area contributed by atoms with Crippen molar-refractivity contribution in [3.05, 3.63) is 53.3 Å². The number of carbonyl (C=O) groups is 2. The Hall–Kier alpha value is -2.80. The molecule has 0 fully saturated rings. The second kappa shape index (κ2) is 9.78. The number of para-hydroxylation sites is 2. The number of esters is 1. The number of ether oxygens (including phenoxy) is 3. The molecule has 0 radical (unpaired) electrons. The van der Waals surface area contributed by atoms with Crippen LogP contribution in [0.3, 0.4) is 0 Å². The Bertz CT molecular complexity index is 814. The molecular weight excluding hydrogens is 377 g/mol. The SMILES string of the molecule is CCOc1ccccc1NC(=O)[C@H](C)OC(=O)COc1ccc(F)cc1Cl. The van der Waals surface area contributed by atoms with Gasteiger partial charge in [0.1, 0.15) is 17.3 Å².